The van der Waals surface area contributed by atoms with Crippen LogP contribution in [0.15, 0.2) is 5.16 Å². The smallest absolute Gasteiger partial charge is 0.222 e. The fourth-order valence-electron chi connectivity index (χ4n) is 3.95. The molecule has 2 aliphatic rings. The van der Waals surface area contributed by atoms with Crippen molar-refractivity contribution < 1.29 is 13.2 Å². The van der Waals surface area contributed by atoms with E-state index in [-0.39, 0.29) is 17.7 Å². The first kappa shape index (κ1) is 20.5. The zero-order valence-corrected chi connectivity index (χ0v) is 17.9. The maximum Gasteiger partial charge on any atom is 0.222 e. The van der Waals surface area contributed by atoms with Crippen molar-refractivity contribution in [1.29, 1.82) is 0 Å². The Labute approximate surface area is 165 Å². The predicted molar refractivity (Wildman–Crippen MR) is 107 cm³/mol. The molecule has 2 saturated heterocycles. The van der Waals surface area contributed by atoms with E-state index in [2.05, 4.69) is 14.9 Å². The lowest BCUT2D eigenvalue weighted by atomic mass is 10.1. The van der Waals surface area contributed by atoms with Crippen LogP contribution in [0.2, 0.25) is 0 Å². The minimum Gasteiger partial charge on any atom is -0.340 e. The fourth-order valence-corrected chi connectivity index (χ4v) is 6.17. The third kappa shape index (κ3) is 5.00. The molecule has 1 amide bonds. The van der Waals surface area contributed by atoms with Crippen molar-refractivity contribution in [3.8, 4) is 0 Å². The van der Waals surface area contributed by atoms with E-state index in [0.29, 0.717) is 31.7 Å². The molecular formula is C18H28N4O3S2. The quantitative estimate of drug-likeness (QED) is 0.528. The Balaban J connectivity index is 1.50. The lowest BCUT2D eigenvalue weighted by Crippen LogP contribution is -2.52. The number of thioether (sulfide) groups is 1. The number of hydrogen-bond acceptors (Lipinski definition) is 7. The maximum atomic E-state index is 12.6. The summed E-state index contributed by atoms with van der Waals surface area (Å²) in [5.41, 5.74) is 2.97. The number of hydrogen-bond donors (Lipinski definition) is 0. The van der Waals surface area contributed by atoms with E-state index in [1.807, 2.05) is 25.0 Å². The van der Waals surface area contributed by atoms with Gasteiger partial charge in [-0.25, -0.2) is 18.4 Å². The summed E-state index contributed by atoms with van der Waals surface area (Å²) < 4.78 is 23.3. The second-order valence-electron chi connectivity index (χ2n) is 7.33. The van der Waals surface area contributed by atoms with E-state index >= 15 is 0 Å². The van der Waals surface area contributed by atoms with Crippen molar-refractivity contribution in [2.45, 2.75) is 44.3 Å². The van der Waals surface area contributed by atoms with Gasteiger partial charge in [0.2, 0.25) is 5.91 Å². The summed E-state index contributed by atoms with van der Waals surface area (Å²) in [4.78, 5) is 25.7. The molecule has 1 aromatic rings. The highest BCUT2D eigenvalue weighted by Crippen LogP contribution is 2.20. The summed E-state index contributed by atoms with van der Waals surface area (Å²) in [6.45, 7) is 6.82. The van der Waals surface area contributed by atoms with E-state index in [1.165, 1.54) is 11.8 Å². The fraction of sp³-hybridized carbons (Fsp3) is 0.722. The highest BCUT2D eigenvalue weighted by atomic mass is 32.2. The molecule has 2 fully saturated rings. The van der Waals surface area contributed by atoms with Crippen LogP contribution >= 0.6 is 11.8 Å². The van der Waals surface area contributed by atoms with Crippen molar-refractivity contribution in [3.05, 3.63) is 17.0 Å². The average molecular weight is 413 g/mol. The summed E-state index contributed by atoms with van der Waals surface area (Å²) in [6.07, 6.45) is 3.80. The van der Waals surface area contributed by atoms with Gasteiger partial charge in [0.25, 0.3) is 0 Å². The van der Waals surface area contributed by atoms with E-state index in [0.717, 1.165) is 41.6 Å². The van der Waals surface area contributed by atoms with Crippen molar-refractivity contribution in [2.24, 2.45) is 0 Å². The lowest BCUT2D eigenvalue weighted by Gasteiger charge is -2.37. The molecule has 0 aromatic carbocycles. The zero-order valence-electron chi connectivity index (χ0n) is 16.3. The third-order valence-corrected chi connectivity index (χ3v) is 7.86. The van der Waals surface area contributed by atoms with Gasteiger partial charge >= 0.3 is 0 Å². The van der Waals surface area contributed by atoms with Crippen LogP contribution < -0.4 is 0 Å². The number of aryl methyl sites for hydroxylation is 2. The Morgan fingerprint density at radius 3 is 2.30 bits per heavy atom. The molecule has 9 heteroatoms. The highest BCUT2D eigenvalue weighted by Gasteiger charge is 2.34. The summed E-state index contributed by atoms with van der Waals surface area (Å²) >= 11 is 1.52. The molecule has 0 aliphatic carbocycles. The number of aromatic nitrogens is 2. The summed E-state index contributed by atoms with van der Waals surface area (Å²) in [5.74, 6) is 0.722. The molecule has 1 atom stereocenters. The number of rotatable bonds is 5. The van der Waals surface area contributed by atoms with Gasteiger partial charge < -0.3 is 4.90 Å². The normalized spacial score (nSPS) is 22.9. The molecule has 0 spiro atoms. The van der Waals surface area contributed by atoms with Crippen molar-refractivity contribution >= 4 is 27.5 Å². The Hall–Kier alpha value is -1.19. The average Bonchev–Trinajstić information content (AvgIpc) is 3.00. The summed E-state index contributed by atoms with van der Waals surface area (Å²) in [7, 11) is -2.86. The largest absolute Gasteiger partial charge is 0.340 e. The van der Waals surface area contributed by atoms with Crippen LogP contribution in [0, 0.1) is 13.8 Å². The first-order valence-electron chi connectivity index (χ1n) is 9.39. The monoisotopic (exact) mass is 412 g/mol. The first-order chi connectivity index (χ1) is 12.8. The zero-order chi connectivity index (χ0) is 19.6. The van der Waals surface area contributed by atoms with Gasteiger partial charge in [-0.15, -0.1) is 0 Å². The summed E-state index contributed by atoms with van der Waals surface area (Å²) in [6, 6.07) is 0.129. The minimum absolute atomic E-state index is 0.129. The van der Waals surface area contributed by atoms with E-state index in [4.69, 9.17) is 0 Å². The maximum absolute atomic E-state index is 12.6. The molecule has 3 heterocycles. The van der Waals surface area contributed by atoms with Gasteiger partial charge in [0.1, 0.15) is 0 Å². The minimum atomic E-state index is -2.86. The number of sulfone groups is 1. The molecule has 0 unspecified atom stereocenters. The van der Waals surface area contributed by atoms with Crippen molar-refractivity contribution in [1.82, 2.24) is 19.8 Å². The van der Waals surface area contributed by atoms with Gasteiger partial charge in [0.05, 0.1) is 11.5 Å². The molecule has 7 nitrogen and oxygen atoms in total. The van der Waals surface area contributed by atoms with Crippen LogP contribution in [0.4, 0.5) is 0 Å². The van der Waals surface area contributed by atoms with Crippen LogP contribution in [0.25, 0.3) is 0 Å². The number of piperazine rings is 1. The molecule has 2 aliphatic heterocycles. The molecule has 0 N–H and O–H groups in total. The SMILES string of the molecule is CSc1nc(C)c(CCC(=O)N2CCN([C@H]3CCS(=O)(=O)C3)CC2)c(C)n1. The van der Waals surface area contributed by atoms with Crippen LogP contribution in [0.5, 0.6) is 0 Å². The molecule has 150 valence electrons. The molecule has 0 bridgehead atoms. The Bertz CT molecular complexity index is 782. The van der Waals surface area contributed by atoms with Crippen molar-refractivity contribution in [2.75, 3.05) is 43.9 Å². The number of nitrogens with zero attached hydrogens (tertiary/aromatic N) is 4. The topological polar surface area (TPSA) is 83.5 Å². The Kier molecular flexibility index (Phi) is 6.43. The van der Waals surface area contributed by atoms with Gasteiger partial charge in [-0.2, -0.15) is 0 Å². The van der Waals surface area contributed by atoms with Crippen molar-refractivity contribution in [3.63, 3.8) is 0 Å². The summed E-state index contributed by atoms with van der Waals surface area (Å²) in [5, 5.41) is 0.769. The third-order valence-electron chi connectivity index (χ3n) is 5.56. The lowest BCUT2D eigenvalue weighted by molar-refractivity contribution is -0.133. The van der Waals surface area contributed by atoms with Crippen LogP contribution in [-0.4, -0.2) is 84.1 Å². The van der Waals surface area contributed by atoms with Gasteiger partial charge in [-0.05, 0) is 38.5 Å². The molecule has 27 heavy (non-hydrogen) atoms. The first-order valence-corrected chi connectivity index (χ1v) is 12.4. The number of carbonyl (C=O) groups excluding carboxylic acids is 1. The van der Waals surface area contributed by atoms with E-state index < -0.39 is 9.84 Å². The van der Waals surface area contributed by atoms with Gasteiger partial charge in [-0.3, -0.25) is 9.69 Å². The highest BCUT2D eigenvalue weighted by molar-refractivity contribution is 7.98. The molecule has 1 aromatic heterocycles. The van der Waals surface area contributed by atoms with E-state index in [1.54, 1.807) is 0 Å². The molecule has 3 rings (SSSR count). The second kappa shape index (κ2) is 8.45. The van der Waals surface area contributed by atoms with Crippen LogP contribution in [0.1, 0.15) is 29.8 Å². The van der Waals surface area contributed by atoms with Gasteiger partial charge in [0, 0.05) is 50.0 Å². The van der Waals surface area contributed by atoms with Crippen LogP contribution in [0.3, 0.4) is 0 Å². The number of carbonyl (C=O) groups is 1. The Morgan fingerprint density at radius 2 is 1.78 bits per heavy atom. The second-order valence-corrected chi connectivity index (χ2v) is 10.3. The Morgan fingerprint density at radius 1 is 1.15 bits per heavy atom. The van der Waals surface area contributed by atoms with Crippen LogP contribution in [-0.2, 0) is 21.1 Å². The number of amides is 1. The van der Waals surface area contributed by atoms with Gasteiger partial charge in [-0.1, -0.05) is 11.8 Å². The van der Waals surface area contributed by atoms with Gasteiger partial charge in [0.15, 0.2) is 15.0 Å². The molecule has 0 saturated carbocycles. The predicted octanol–water partition coefficient (Wildman–Crippen LogP) is 1.08. The molecule has 0 radical (unpaired) electrons. The van der Waals surface area contributed by atoms with E-state index in [9.17, 15) is 13.2 Å². The standard InChI is InChI=1S/C18H28N4O3S2/c1-13-16(14(2)20-18(19-13)26-3)4-5-17(23)22-9-7-21(8-10-22)15-6-11-27(24,25)12-15/h15H,4-12H2,1-3H3/t15-/m0/s1. The molecular weight excluding hydrogens is 384 g/mol.